The molecule has 0 spiro atoms. The number of halogens is 2. The van der Waals surface area contributed by atoms with Gasteiger partial charge >= 0.3 is 0 Å². The number of alkyl halides is 2. The molecule has 3 N–H and O–H groups in total. The van der Waals surface area contributed by atoms with Crippen molar-refractivity contribution >= 4 is 0 Å². The molecule has 0 atom stereocenters. The van der Waals surface area contributed by atoms with E-state index in [0.717, 1.165) is 6.07 Å². The molecule has 0 saturated heterocycles. The largest absolute Gasteiger partial charge is 0.506 e. The molecule has 1 aromatic heterocycles. The molecule has 13 heavy (non-hydrogen) atoms. The quantitative estimate of drug-likeness (QED) is 0.649. The van der Waals surface area contributed by atoms with Gasteiger partial charge in [0.25, 0.3) is 6.43 Å². The Morgan fingerprint density at radius 3 is 2.38 bits per heavy atom. The van der Waals surface area contributed by atoms with Gasteiger partial charge in [-0.1, -0.05) is 0 Å². The van der Waals surface area contributed by atoms with Crippen LogP contribution in [0.4, 0.5) is 8.78 Å². The Labute approximate surface area is 72.1 Å². The molecule has 0 amide bonds. The van der Waals surface area contributed by atoms with Gasteiger partial charge in [-0.2, -0.15) is 0 Å². The van der Waals surface area contributed by atoms with Crippen LogP contribution in [0.25, 0.3) is 0 Å². The SMILES string of the molecule is OCc1nc(C(F)F)c(O)cc1O. The first-order valence-electron chi connectivity index (χ1n) is 3.37. The van der Waals surface area contributed by atoms with Crippen LogP contribution in [-0.4, -0.2) is 20.3 Å². The molecule has 0 aromatic carbocycles. The van der Waals surface area contributed by atoms with Crippen molar-refractivity contribution in [2.75, 3.05) is 0 Å². The van der Waals surface area contributed by atoms with E-state index in [-0.39, 0.29) is 5.69 Å². The van der Waals surface area contributed by atoms with Crippen LogP contribution in [0.5, 0.6) is 11.5 Å². The van der Waals surface area contributed by atoms with Gasteiger partial charge in [0.15, 0.2) is 0 Å². The maximum absolute atomic E-state index is 12.1. The zero-order valence-electron chi connectivity index (χ0n) is 6.41. The zero-order valence-corrected chi connectivity index (χ0v) is 6.41. The van der Waals surface area contributed by atoms with E-state index in [9.17, 15) is 8.78 Å². The van der Waals surface area contributed by atoms with E-state index in [1.807, 2.05) is 0 Å². The van der Waals surface area contributed by atoms with E-state index in [1.54, 1.807) is 0 Å². The number of aromatic hydroxyl groups is 2. The maximum Gasteiger partial charge on any atom is 0.284 e. The lowest BCUT2D eigenvalue weighted by Gasteiger charge is -2.06. The summed E-state index contributed by atoms with van der Waals surface area (Å²) < 4.78 is 24.2. The summed E-state index contributed by atoms with van der Waals surface area (Å²) in [5.74, 6) is -1.30. The summed E-state index contributed by atoms with van der Waals surface area (Å²) in [6.07, 6.45) is -2.94. The lowest BCUT2D eigenvalue weighted by molar-refractivity contribution is 0.140. The number of aromatic nitrogens is 1. The monoisotopic (exact) mass is 191 g/mol. The number of aliphatic hydroxyl groups excluding tert-OH is 1. The minimum atomic E-state index is -2.94. The molecule has 1 aromatic rings. The number of hydrogen-bond acceptors (Lipinski definition) is 4. The van der Waals surface area contributed by atoms with Crippen LogP contribution >= 0.6 is 0 Å². The standard InChI is InChI=1S/C7H7F2NO3/c8-7(9)6-5(13)1-4(12)3(2-11)10-6/h1,7,11-13H,2H2. The second-order valence-corrected chi connectivity index (χ2v) is 2.32. The third kappa shape index (κ3) is 1.83. The molecule has 72 valence electrons. The Bertz CT molecular complexity index is 317. The molecule has 6 heteroatoms. The number of hydrogen-bond donors (Lipinski definition) is 3. The lowest BCUT2D eigenvalue weighted by Crippen LogP contribution is -1.97. The second-order valence-electron chi connectivity index (χ2n) is 2.32. The highest BCUT2D eigenvalue weighted by Gasteiger charge is 2.17. The average molecular weight is 191 g/mol. The average Bonchev–Trinajstić information content (AvgIpc) is 2.03. The van der Waals surface area contributed by atoms with Gasteiger partial charge in [0.1, 0.15) is 22.9 Å². The van der Waals surface area contributed by atoms with Gasteiger partial charge < -0.3 is 15.3 Å². The summed E-state index contributed by atoms with van der Waals surface area (Å²) in [5.41, 5.74) is -1.13. The van der Waals surface area contributed by atoms with E-state index >= 15 is 0 Å². The third-order valence-corrected chi connectivity index (χ3v) is 1.44. The highest BCUT2D eigenvalue weighted by Crippen LogP contribution is 2.30. The number of aliphatic hydroxyl groups is 1. The molecule has 1 rings (SSSR count). The van der Waals surface area contributed by atoms with Crippen LogP contribution < -0.4 is 0 Å². The van der Waals surface area contributed by atoms with Gasteiger partial charge in [-0.05, 0) is 0 Å². The summed E-state index contributed by atoms with van der Waals surface area (Å²) >= 11 is 0. The second kappa shape index (κ2) is 3.53. The van der Waals surface area contributed by atoms with Crippen molar-refractivity contribution in [3.05, 3.63) is 17.5 Å². The molecule has 0 radical (unpaired) electrons. The normalized spacial score (nSPS) is 10.8. The van der Waals surface area contributed by atoms with Crippen molar-refractivity contribution in [2.24, 2.45) is 0 Å². The Hall–Kier alpha value is -1.43. The van der Waals surface area contributed by atoms with E-state index < -0.39 is 30.2 Å². The van der Waals surface area contributed by atoms with Crippen LogP contribution in [-0.2, 0) is 6.61 Å². The molecule has 1 heterocycles. The van der Waals surface area contributed by atoms with Crippen LogP contribution in [0, 0.1) is 0 Å². The number of rotatable bonds is 2. The molecular formula is C7H7F2NO3. The topological polar surface area (TPSA) is 73.6 Å². The van der Waals surface area contributed by atoms with Crippen molar-refractivity contribution in [1.82, 2.24) is 4.98 Å². The minimum Gasteiger partial charge on any atom is -0.506 e. The van der Waals surface area contributed by atoms with Gasteiger partial charge in [-0.3, -0.25) is 0 Å². The van der Waals surface area contributed by atoms with Crippen molar-refractivity contribution < 1.29 is 24.1 Å². The van der Waals surface area contributed by atoms with Gasteiger partial charge in [0.2, 0.25) is 0 Å². The summed E-state index contributed by atoms with van der Waals surface area (Å²) in [6.45, 7) is -0.661. The fraction of sp³-hybridized carbons (Fsp3) is 0.286. The van der Waals surface area contributed by atoms with Crippen LogP contribution in [0.3, 0.4) is 0 Å². The fourth-order valence-corrected chi connectivity index (χ4v) is 0.824. The molecular weight excluding hydrogens is 184 g/mol. The first-order valence-corrected chi connectivity index (χ1v) is 3.37. The smallest absolute Gasteiger partial charge is 0.284 e. The molecule has 0 aliphatic carbocycles. The molecule has 0 bridgehead atoms. The molecule has 0 saturated carbocycles. The van der Waals surface area contributed by atoms with Crippen molar-refractivity contribution in [3.63, 3.8) is 0 Å². The molecule has 0 aliphatic rings. The van der Waals surface area contributed by atoms with Crippen molar-refractivity contribution in [1.29, 1.82) is 0 Å². The Kier molecular flexibility index (Phi) is 2.62. The Balaban J connectivity index is 3.22. The maximum atomic E-state index is 12.1. The van der Waals surface area contributed by atoms with Gasteiger partial charge in [-0.15, -0.1) is 0 Å². The highest BCUT2D eigenvalue weighted by molar-refractivity contribution is 5.38. The van der Waals surface area contributed by atoms with Crippen LogP contribution in [0.2, 0.25) is 0 Å². The Morgan fingerprint density at radius 1 is 1.31 bits per heavy atom. The van der Waals surface area contributed by atoms with E-state index in [2.05, 4.69) is 4.98 Å². The number of nitrogens with zero attached hydrogens (tertiary/aromatic N) is 1. The molecule has 0 fully saturated rings. The zero-order chi connectivity index (χ0) is 10.0. The first-order chi connectivity index (χ1) is 6.06. The Morgan fingerprint density at radius 2 is 1.92 bits per heavy atom. The predicted octanol–water partition coefficient (Wildman–Crippen LogP) is 0.923. The minimum absolute atomic E-state index is 0.284. The highest BCUT2D eigenvalue weighted by atomic mass is 19.3. The first kappa shape index (κ1) is 9.66. The van der Waals surface area contributed by atoms with E-state index in [0.29, 0.717) is 0 Å². The van der Waals surface area contributed by atoms with Gasteiger partial charge in [0.05, 0.1) is 6.61 Å². The lowest BCUT2D eigenvalue weighted by atomic mass is 10.2. The fourth-order valence-electron chi connectivity index (χ4n) is 0.824. The molecule has 0 aliphatic heterocycles. The van der Waals surface area contributed by atoms with Gasteiger partial charge in [0, 0.05) is 6.07 Å². The van der Waals surface area contributed by atoms with Crippen molar-refractivity contribution in [2.45, 2.75) is 13.0 Å². The summed E-state index contributed by atoms with van der Waals surface area (Å²) in [5, 5.41) is 26.4. The van der Waals surface area contributed by atoms with E-state index in [4.69, 9.17) is 15.3 Å². The van der Waals surface area contributed by atoms with Crippen LogP contribution in [0.1, 0.15) is 17.8 Å². The summed E-state index contributed by atoms with van der Waals surface area (Å²) in [6, 6.07) is 0.722. The van der Waals surface area contributed by atoms with Crippen molar-refractivity contribution in [3.8, 4) is 11.5 Å². The van der Waals surface area contributed by atoms with Crippen LogP contribution in [0.15, 0.2) is 6.07 Å². The third-order valence-electron chi connectivity index (χ3n) is 1.44. The number of pyridine rings is 1. The summed E-state index contributed by atoms with van der Waals surface area (Å²) in [4.78, 5) is 3.19. The molecule has 4 nitrogen and oxygen atoms in total. The molecule has 0 unspecified atom stereocenters. The summed E-state index contributed by atoms with van der Waals surface area (Å²) in [7, 11) is 0. The van der Waals surface area contributed by atoms with Gasteiger partial charge in [-0.25, -0.2) is 13.8 Å². The predicted molar refractivity (Wildman–Crippen MR) is 38.4 cm³/mol. The van der Waals surface area contributed by atoms with E-state index in [1.165, 1.54) is 0 Å².